The topological polar surface area (TPSA) is 89.3 Å². The molecule has 0 atom stereocenters. The molecule has 0 aliphatic carbocycles. The Balaban J connectivity index is 0.000000238. The van der Waals surface area contributed by atoms with Crippen molar-refractivity contribution in [3.63, 3.8) is 0 Å². The quantitative estimate of drug-likeness (QED) is 0.121. The van der Waals surface area contributed by atoms with Crippen LogP contribution in [0.25, 0.3) is 22.3 Å². The number of nitrogens with one attached hydrogen (secondary N) is 1. The lowest BCUT2D eigenvalue weighted by atomic mass is 10.0. The molecular formula is C35H38N2O3. The second kappa shape index (κ2) is 15.2. The number of nitrogens with two attached hydrogens (primary N) is 1. The third-order valence-electron chi connectivity index (χ3n) is 6.59. The van der Waals surface area contributed by atoms with Crippen LogP contribution in [-0.4, -0.2) is 17.5 Å². The van der Waals surface area contributed by atoms with E-state index in [1.54, 1.807) is 13.8 Å². The number of unbranched alkanes of at least 4 members (excludes halogenated alkanes) is 3. The maximum absolute atomic E-state index is 11.9. The van der Waals surface area contributed by atoms with Gasteiger partial charge in [0.2, 0.25) is 5.91 Å². The number of nitrogen functional groups attached to an aromatic ring is 1. The monoisotopic (exact) mass is 534 g/mol. The zero-order valence-corrected chi connectivity index (χ0v) is 23.6. The molecule has 0 fully saturated rings. The summed E-state index contributed by atoms with van der Waals surface area (Å²) in [6, 6.07) is 30.6. The summed E-state index contributed by atoms with van der Waals surface area (Å²) in [5.74, 6) is 0.229. The molecule has 0 spiro atoms. The molecule has 40 heavy (non-hydrogen) atoms. The Kier molecular flexibility index (Phi) is 11.4. The molecule has 5 nitrogen and oxygen atoms in total. The van der Waals surface area contributed by atoms with E-state index in [0.717, 1.165) is 52.0 Å². The number of carbonyl (C=O) groups excluding carboxylic acids is 3. The third kappa shape index (κ3) is 9.35. The first kappa shape index (κ1) is 30.0. The first-order valence-electron chi connectivity index (χ1n) is 13.7. The summed E-state index contributed by atoms with van der Waals surface area (Å²) in [6.45, 7) is 5.29. The molecule has 0 aliphatic rings. The molecule has 5 heteroatoms. The van der Waals surface area contributed by atoms with Crippen LogP contribution in [0.1, 0.15) is 73.6 Å². The van der Waals surface area contributed by atoms with E-state index < -0.39 is 0 Å². The molecule has 206 valence electrons. The average molecular weight is 535 g/mol. The Bertz CT molecular complexity index is 1390. The van der Waals surface area contributed by atoms with Crippen LogP contribution in [0.15, 0.2) is 97.1 Å². The number of ketones is 2. The zero-order chi connectivity index (χ0) is 28.9. The van der Waals surface area contributed by atoms with Gasteiger partial charge in [-0.3, -0.25) is 14.4 Å². The van der Waals surface area contributed by atoms with Gasteiger partial charge in [0.1, 0.15) is 0 Å². The highest BCUT2D eigenvalue weighted by Gasteiger charge is 2.05. The van der Waals surface area contributed by atoms with E-state index in [0.29, 0.717) is 12.0 Å². The largest absolute Gasteiger partial charge is 0.399 e. The number of carbonyl (C=O) groups is 3. The first-order valence-corrected chi connectivity index (χ1v) is 13.7. The zero-order valence-electron chi connectivity index (χ0n) is 23.6. The summed E-state index contributed by atoms with van der Waals surface area (Å²) >= 11 is 0. The summed E-state index contributed by atoms with van der Waals surface area (Å²) in [6.07, 6.45) is 4.99. The lowest BCUT2D eigenvalue weighted by Crippen LogP contribution is -2.10. The second-order valence-electron chi connectivity index (χ2n) is 9.83. The second-order valence-corrected chi connectivity index (χ2v) is 9.83. The van der Waals surface area contributed by atoms with Crippen LogP contribution in [-0.2, 0) is 4.79 Å². The summed E-state index contributed by atoms with van der Waals surface area (Å²) in [5, 5.41) is 2.94. The van der Waals surface area contributed by atoms with Crippen LogP contribution >= 0.6 is 0 Å². The molecule has 0 saturated carbocycles. The van der Waals surface area contributed by atoms with Gasteiger partial charge in [-0.1, -0.05) is 99.0 Å². The Hall–Kier alpha value is -4.51. The molecule has 0 aliphatic heterocycles. The highest BCUT2D eigenvalue weighted by molar-refractivity contribution is 5.95. The van der Waals surface area contributed by atoms with Crippen molar-refractivity contribution in [3.05, 3.63) is 108 Å². The van der Waals surface area contributed by atoms with E-state index in [1.165, 1.54) is 12.8 Å². The summed E-state index contributed by atoms with van der Waals surface area (Å²) in [5.41, 5.74) is 12.9. The van der Waals surface area contributed by atoms with Crippen molar-refractivity contribution < 1.29 is 14.4 Å². The van der Waals surface area contributed by atoms with Crippen molar-refractivity contribution in [2.45, 2.75) is 52.9 Å². The molecule has 0 unspecified atom stereocenters. The molecule has 0 saturated heterocycles. The van der Waals surface area contributed by atoms with Crippen LogP contribution in [0, 0.1) is 0 Å². The Morgan fingerprint density at radius 3 is 1.38 bits per heavy atom. The van der Waals surface area contributed by atoms with Crippen LogP contribution in [0.3, 0.4) is 0 Å². The number of rotatable bonds is 10. The van der Waals surface area contributed by atoms with Gasteiger partial charge >= 0.3 is 0 Å². The molecule has 3 N–H and O–H groups in total. The number of hydrogen-bond donors (Lipinski definition) is 2. The number of amides is 1. The van der Waals surface area contributed by atoms with Gasteiger partial charge in [0.15, 0.2) is 11.6 Å². The highest BCUT2D eigenvalue weighted by atomic mass is 16.1. The van der Waals surface area contributed by atoms with Crippen LogP contribution in [0.5, 0.6) is 0 Å². The standard InChI is InChI=1S/C21H25NO2.C14H13NO/c1-3-4-5-6-7-21(24)22-20-14-12-19(13-15-20)18-10-8-17(9-11-18)16(2)23;1-10(16)11-2-4-12(5-3-11)13-6-8-14(15)9-7-13/h8-15H,3-7H2,1-2H3,(H,22,24);2-9H,15H2,1H3. The fourth-order valence-electron chi connectivity index (χ4n) is 4.15. The maximum Gasteiger partial charge on any atom is 0.224 e. The fourth-order valence-corrected chi connectivity index (χ4v) is 4.15. The van der Waals surface area contributed by atoms with Gasteiger partial charge in [0.25, 0.3) is 0 Å². The fraction of sp³-hybridized carbons (Fsp3) is 0.229. The molecule has 4 rings (SSSR count). The molecular weight excluding hydrogens is 496 g/mol. The van der Waals surface area contributed by atoms with Crippen LogP contribution in [0.4, 0.5) is 11.4 Å². The highest BCUT2D eigenvalue weighted by Crippen LogP contribution is 2.23. The van der Waals surface area contributed by atoms with Crippen molar-refractivity contribution in [3.8, 4) is 22.3 Å². The van der Waals surface area contributed by atoms with Crippen molar-refractivity contribution in [1.29, 1.82) is 0 Å². The van der Waals surface area contributed by atoms with E-state index >= 15 is 0 Å². The van der Waals surface area contributed by atoms with Crippen LogP contribution in [0.2, 0.25) is 0 Å². The number of benzene rings is 4. The summed E-state index contributed by atoms with van der Waals surface area (Å²) < 4.78 is 0. The lowest BCUT2D eigenvalue weighted by Gasteiger charge is -2.07. The van der Waals surface area contributed by atoms with Crippen LogP contribution < -0.4 is 11.1 Å². The van der Waals surface area contributed by atoms with Gasteiger partial charge in [0.05, 0.1) is 0 Å². The molecule has 0 bridgehead atoms. The lowest BCUT2D eigenvalue weighted by molar-refractivity contribution is -0.116. The predicted octanol–water partition coefficient (Wildman–Crippen LogP) is 8.60. The molecule has 4 aromatic rings. The minimum atomic E-state index is 0.0681. The van der Waals surface area contributed by atoms with Gasteiger partial charge < -0.3 is 11.1 Å². The van der Waals surface area contributed by atoms with Crippen molar-refractivity contribution in [1.82, 2.24) is 0 Å². The minimum absolute atomic E-state index is 0.0681. The molecule has 0 radical (unpaired) electrons. The molecule has 1 amide bonds. The van der Waals surface area contributed by atoms with Crippen molar-refractivity contribution >= 4 is 28.8 Å². The van der Waals surface area contributed by atoms with Gasteiger partial charge in [0, 0.05) is 28.9 Å². The minimum Gasteiger partial charge on any atom is -0.399 e. The van der Waals surface area contributed by atoms with Gasteiger partial charge in [-0.05, 0) is 66.8 Å². The smallest absolute Gasteiger partial charge is 0.224 e. The number of hydrogen-bond acceptors (Lipinski definition) is 4. The van der Waals surface area contributed by atoms with E-state index in [4.69, 9.17) is 5.73 Å². The van der Waals surface area contributed by atoms with Crippen molar-refractivity contribution in [2.75, 3.05) is 11.1 Å². The van der Waals surface area contributed by atoms with Crippen molar-refractivity contribution in [2.24, 2.45) is 0 Å². The van der Waals surface area contributed by atoms with Gasteiger partial charge in [-0.25, -0.2) is 0 Å². The molecule has 0 aromatic heterocycles. The number of anilines is 2. The Morgan fingerprint density at radius 2 is 0.975 bits per heavy atom. The Labute approximate surface area is 237 Å². The predicted molar refractivity (Wildman–Crippen MR) is 166 cm³/mol. The number of Topliss-reactive ketones (excluding diaryl/α,β-unsaturated/α-hetero) is 2. The van der Waals surface area contributed by atoms with E-state index in [2.05, 4.69) is 12.2 Å². The van der Waals surface area contributed by atoms with E-state index in [9.17, 15) is 14.4 Å². The Morgan fingerprint density at radius 1 is 0.575 bits per heavy atom. The average Bonchev–Trinajstić information content (AvgIpc) is 2.97. The molecule has 4 aromatic carbocycles. The maximum atomic E-state index is 11.9. The normalized spacial score (nSPS) is 10.3. The van der Waals surface area contributed by atoms with Gasteiger partial charge in [-0.2, -0.15) is 0 Å². The summed E-state index contributed by atoms with van der Waals surface area (Å²) in [4.78, 5) is 34.3. The summed E-state index contributed by atoms with van der Waals surface area (Å²) in [7, 11) is 0. The van der Waals surface area contributed by atoms with E-state index in [-0.39, 0.29) is 17.5 Å². The third-order valence-corrected chi connectivity index (χ3v) is 6.59. The SMILES string of the molecule is CC(=O)c1ccc(-c2ccc(N)cc2)cc1.CCCCCCC(=O)Nc1ccc(-c2ccc(C(C)=O)cc2)cc1. The van der Waals surface area contributed by atoms with Gasteiger partial charge in [-0.15, -0.1) is 0 Å². The first-order chi connectivity index (χ1) is 19.3. The van der Waals surface area contributed by atoms with E-state index in [1.807, 2.05) is 97.1 Å². The molecule has 0 heterocycles.